The van der Waals surface area contributed by atoms with Crippen LogP contribution in [0.15, 0.2) is 36.5 Å². The molecule has 4 rings (SSSR count). The number of carbonyl (C=O) groups excluding carboxylic acids is 1. The first-order valence-corrected chi connectivity index (χ1v) is 10.7. The Morgan fingerprint density at radius 1 is 1.07 bits per heavy atom. The second kappa shape index (κ2) is 8.99. The molecule has 7 heteroatoms. The number of rotatable bonds is 4. The van der Waals surface area contributed by atoms with Crippen LogP contribution in [0.25, 0.3) is 0 Å². The number of carbonyl (C=O) groups is 1. The molecule has 1 N–H and O–H groups in total. The van der Waals surface area contributed by atoms with E-state index in [1.54, 1.807) is 24.4 Å². The predicted molar refractivity (Wildman–Crippen MR) is 114 cm³/mol. The van der Waals surface area contributed by atoms with Crippen molar-refractivity contribution in [2.24, 2.45) is 0 Å². The van der Waals surface area contributed by atoms with Gasteiger partial charge in [-0.3, -0.25) is 4.79 Å². The Bertz CT molecular complexity index is 846. The van der Waals surface area contributed by atoms with E-state index in [0.717, 1.165) is 63.4 Å². The molecule has 0 bridgehead atoms. The fourth-order valence-electron chi connectivity index (χ4n) is 4.08. The van der Waals surface area contributed by atoms with E-state index in [0.29, 0.717) is 16.6 Å². The van der Waals surface area contributed by atoms with E-state index in [2.05, 4.69) is 15.2 Å². The fraction of sp³-hybridized carbons (Fsp3) is 0.455. The van der Waals surface area contributed by atoms with Crippen LogP contribution in [0, 0.1) is 5.82 Å². The highest BCUT2D eigenvalue weighted by Gasteiger charge is 2.24. The van der Waals surface area contributed by atoms with Gasteiger partial charge in [-0.05, 0) is 62.4 Å². The summed E-state index contributed by atoms with van der Waals surface area (Å²) in [5.74, 6) is 0.531. The van der Waals surface area contributed by atoms with Crippen LogP contribution in [-0.4, -0.2) is 48.0 Å². The second-order valence-corrected chi connectivity index (χ2v) is 8.20. The number of amides is 1. The first-order valence-electron chi connectivity index (χ1n) is 10.3. The van der Waals surface area contributed by atoms with Crippen molar-refractivity contribution in [3.05, 3.63) is 52.9 Å². The molecule has 0 atom stereocenters. The van der Waals surface area contributed by atoms with Crippen LogP contribution in [-0.2, 0) is 0 Å². The van der Waals surface area contributed by atoms with E-state index in [9.17, 15) is 9.18 Å². The minimum atomic E-state index is -0.228. The lowest BCUT2D eigenvalue weighted by Gasteiger charge is -2.34. The number of halogens is 2. The average molecular weight is 417 g/mol. The lowest BCUT2D eigenvalue weighted by atomic mass is 10.0. The number of nitrogens with one attached hydrogen (secondary N) is 1. The molecule has 0 unspecified atom stereocenters. The van der Waals surface area contributed by atoms with Gasteiger partial charge in [-0.15, -0.1) is 0 Å². The standard InChI is InChI=1S/C22H26ClFN4O/c23-20-14-16(22(29)28-10-2-1-3-11-28)15-25-21(20)27-12-8-19(9-13-27)26-18-6-4-17(24)5-7-18/h4-7,14-15,19,26H,1-3,8-13H2. The molecule has 2 fully saturated rings. The number of hydrogen-bond donors (Lipinski definition) is 1. The van der Waals surface area contributed by atoms with E-state index in [-0.39, 0.29) is 11.7 Å². The molecule has 1 aromatic carbocycles. The Hall–Kier alpha value is -2.34. The first-order chi connectivity index (χ1) is 14.1. The first kappa shape index (κ1) is 20.0. The lowest BCUT2D eigenvalue weighted by Crippen LogP contribution is -2.40. The smallest absolute Gasteiger partial charge is 0.255 e. The van der Waals surface area contributed by atoms with Gasteiger partial charge in [0.15, 0.2) is 0 Å². The summed E-state index contributed by atoms with van der Waals surface area (Å²) in [5.41, 5.74) is 1.50. The van der Waals surface area contributed by atoms with Crippen molar-refractivity contribution >= 4 is 29.0 Å². The van der Waals surface area contributed by atoms with Crippen molar-refractivity contribution in [2.75, 3.05) is 36.4 Å². The van der Waals surface area contributed by atoms with Crippen molar-refractivity contribution in [3.8, 4) is 0 Å². The van der Waals surface area contributed by atoms with Gasteiger partial charge in [0, 0.05) is 44.1 Å². The number of benzene rings is 1. The molecule has 1 amide bonds. The maximum Gasteiger partial charge on any atom is 0.255 e. The van der Waals surface area contributed by atoms with E-state index in [4.69, 9.17) is 11.6 Å². The average Bonchev–Trinajstić information content (AvgIpc) is 2.76. The van der Waals surface area contributed by atoms with Gasteiger partial charge in [-0.1, -0.05) is 11.6 Å². The zero-order valence-electron chi connectivity index (χ0n) is 16.4. The maximum absolute atomic E-state index is 13.0. The molecular weight excluding hydrogens is 391 g/mol. The number of hydrogen-bond acceptors (Lipinski definition) is 4. The summed E-state index contributed by atoms with van der Waals surface area (Å²) in [5, 5.41) is 3.98. The SMILES string of the molecule is O=C(c1cnc(N2CCC(Nc3ccc(F)cc3)CC2)c(Cl)c1)N1CCCCC1. The number of piperidine rings is 2. The third-order valence-electron chi connectivity index (χ3n) is 5.72. The van der Waals surface area contributed by atoms with Crippen LogP contribution in [0.2, 0.25) is 5.02 Å². The molecule has 3 heterocycles. The zero-order valence-corrected chi connectivity index (χ0v) is 17.2. The summed E-state index contributed by atoms with van der Waals surface area (Å²) in [6, 6.07) is 8.54. The van der Waals surface area contributed by atoms with Gasteiger partial charge in [0.2, 0.25) is 0 Å². The molecule has 2 saturated heterocycles. The minimum Gasteiger partial charge on any atom is -0.382 e. The van der Waals surface area contributed by atoms with Crippen LogP contribution in [0.4, 0.5) is 15.9 Å². The molecule has 0 saturated carbocycles. The third kappa shape index (κ3) is 4.81. The Balaban J connectivity index is 1.35. The third-order valence-corrected chi connectivity index (χ3v) is 6.00. The van der Waals surface area contributed by atoms with Crippen LogP contribution >= 0.6 is 11.6 Å². The topological polar surface area (TPSA) is 48.5 Å². The molecule has 2 aliphatic heterocycles. The number of pyridine rings is 1. The van der Waals surface area contributed by atoms with Gasteiger partial charge < -0.3 is 15.1 Å². The number of anilines is 2. The molecule has 29 heavy (non-hydrogen) atoms. The van der Waals surface area contributed by atoms with Crippen LogP contribution < -0.4 is 10.2 Å². The molecule has 5 nitrogen and oxygen atoms in total. The van der Waals surface area contributed by atoms with Gasteiger partial charge in [0.25, 0.3) is 5.91 Å². The predicted octanol–water partition coefficient (Wildman–Crippen LogP) is 4.58. The number of likely N-dealkylation sites (tertiary alicyclic amines) is 1. The van der Waals surface area contributed by atoms with Gasteiger partial charge in [-0.25, -0.2) is 9.37 Å². The molecule has 0 aliphatic carbocycles. The van der Waals surface area contributed by atoms with Crippen molar-refractivity contribution < 1.29 is 9.18 Å². The highest BCUT2D eigenvalue weighted by Crippen LogP contribution is 2.28. The summed E-state index contributed by atoms with van der Waals surface area (Å²) < 4.78 is 13.0. The van der Waals surface area contributed by atoms with E-state index in [1.165, 1.54) is 18.6 Å². The summed E-state index contributed by atoms with van der Waals surface area (Å²) in [6.45, 7) is 3.27. The maximum atomic E-state index is 13.0. The van der Waals surface area contributed by atoms with E-state index < -0.39 is 0 Å². The Morgan fingerprint density at radius 2 is 1.76 bits per heavy atom. The monoisotopic (exact) mass is 416 g/mol. The van der Waals surface area contributed by atoms with E-state index >= 15 is 0 Å². The quantitative estimate of drug-likeness (QED) is 0.792. The highest BCUT2D eigenvalue weighted by atomic mass is 35.5. The summed E-state index contributed by atoms with van der Waals surface area (Å²) in [4.78, 5) is 21.2. The van der Waals surface area contributed by atoms with Crippen LogP contribution in [0.3, 0.4) is 0 Å². The van der Waals surface area contributed by atoms with Gasteiger partial charge in [0.1, 0.15) is 11.6 Å². The summed E-state index contributed by atoms with van der Waals surface area (Å²) in [6.07, 6.45) is 6.83. The zero-order chi connectivity index (χ0) is 20.2. The fourth-order valence-corrected chi connectivity index (χ4v) is 4.36. The van der Waals surface area contributed by atoms with Crippen molar-refractivity contribution in [1.82, 2.24) is 9.88 Å². The Morgan fingerprint density at radius 3 is 2.41 bits per heavy atom. The lowest BCUT2D eigenvalue weighted by molar-refractivity contribution is 0.0724. The normalized spacial score (nSPS) is 18.0. The Labute approximate surface area is 175 Å². The van der Waals surface area contributed by atoms with Gasteiger partial charge >= 0.3 is 0 Å². The molecule has 2 aliphatic rings. The Kier molecular flexibility index (Phi) is 6.19. The molecule has 1 aromatic heterocycles. The van der Waals surface area contributed by atoms with Crippen molar-refractivity contribution in [1.29, 1.82) is 0 Å². The summed E-state index contributed by atoms with van der Waals surface area (Å²) >= 11 is 6.50. The van der Waals surface area contributed by atoms with Crippen LogP contribution in [0.1, 0.15) is 42.5 Å². The second-order valence-electron chi connectivity index (χ2n) is 7.79. The van der Waals surface area contributed by atoms with Gasteiger partial charge in [-0.2, -0.15) is 0 Å². The highest BCUT2D eigenvalue weighted by molar-refractivity contribution is 6.33. The van der Waals surface area contributed by atoms with Gasteiger partial charge in [0.05, 0.1) is 10.6 Å². The molecule has 154 valence electrons. The largest absolute Gasteiger partial charge is 0.382 e. The van der Waals surface area contributed by atoms with Crippen LogP contribution in [0.5, 0.6) is 0 Å². The number of aromatic nitrogens is 1. The van der Waals surface area contributed by atoms with Crippen molar-refractivity contribution in [2.45, 2.75) is 38.1 Å². The minimum absolute atomic E-state index is 0.0212. The summed E-state index contributed by atoms with van der Waals surface area (Å²) in [7, 11) is 0. The number of nitrogens with zero attached hydrogens (tertiary/aromatic N) is 3. The molecule has 0 spiro atoms. The van der Waals surface area contributed by atoms with Crippen molar-refractivity contribution in [3.63, 3.8) is 0 Å². The molecular formula is C22H26ClFN4O. The molecule has 2 aromatic rings. The van der Waals surface area contributed by atoms with E-state index in [1.807, 2.05) is 4.90 Å². The molecule has 0 radical (unpaired) electrons.